The Bertz CT molecular complexity index is 526. The Morgan fingerprint density at radius 3 is 2.20 bits per heavy atom. The molecule has 3 saturated carbocycles. The van der Waals surface area contributed by atoms with Crippen LogP contribution in [0.3, 0.4) is 0 Å². The van der Waals surface area contributed by atoms with E-state index < -0.39 is 23.2 Å². The monoisotopic (exact) mass is 286 g/mol. The Labute approximate surface area is 114 Å². The molecule has 2 bridgehead atoms. The van der Waals surface area contributed by atoms with E-state index in [0.717, 1.165) is 6.92 Å². The summed E-state index contributed by atoms with van der Waals surface area (Å²) in [6.45, 7) is 0.721. The van der Waals surface area contributed by atoms with E-state index in [2.05, 4.69) is 14.7 Å². The number of carbonyl (C=O) groups is 1. The fourth-order valence-electron chi connectivity index (χ4n) is 3.46. The minimum atomic E-state index is -3.14. The topological polar surface area (TPSA) is 76.2 Å². The number of carboxylic acid groups (broad SMARTS) is 1. The van der Waals surface area contributed by atoms with E-state index in [4.69, 9.17) is 0 Å². The van der Waals surface area contributed by atoms with Crippen molar-refractivity contribution in [1.82, 2.24) is 10.1 Å². The standard InChI is InChI=1S/C13H16F2N2O3/c1-11(14,15)9-16-8(17-20-9)12-2-5-13(6-3-12,7-4-12)10(18)19/h2-7H2,1H3,(H,18,19). The number of carboxylic acids is 1. The van der Waals surface area contributed by atoms with Gasteiger partial charge in [0.1, 0.15) is 0 Å². The molecule has 1 heterocycles. The lowest BCUT2D eigenvalue weighted by Crippen LogP contribution is -2.48. The number of rotatable bonds is 3. The molecular formula is C13H16F2N2O3. The number of nitrogens with zero attached hydrogens (tertiary/aromatic N) is 2. The smallest absolute Gasteiger partial charge is 0.322 e. The van der Waals surface area contributed by atoms with Crippen molar-refractivity contribution >= 4 is 5.97 Å². The molecule has 0 saturated heterocycles. The summed E-state index contributed by atoms with van der Waals surface area (Å²) in [5.41, 5.74) is -1.02. The summed E-state index contributed by atoms with van der Waals surface area (Å²) in [6.07, 6.45) is 3.51. The van der Waals surface area contributed by atoms with E-state index in [-0.39, 0.29) is 5.41 Å². The van der Waals surface area contributed by atoms with Crippen LogP contribution < -0.4 is 0 Å². The third kappa shape index (κ3) is 1.83. The highest BCUT2D eigenvalue weighted by molar-refractivity contribution is 5.75. The Kier molecular flexibility index (Phi) is 2.68. The van der Waals surface area contributed by atoms with Gasteiger partial charge in [0.25, 0.3) is 5.89 Å². The second kappa shape index (κ2) is 3.99. The van der Waals surface area contributed by atoms with Gasteiger partial charge in [-0.1, -0.05) is 5.16 Å². The lowest BCUT2D eigenvalue weighted by molar-refractivity contribution is -0.156. The average Bonchev–Trinajstić information content (AvgIpc) is 2.91. The highest BCUT2D eigenvalue weighted by Crippen LogP contribution is 2.57. The van der Waals surface area contributed by atoms with Crippen molar-refractivity contribution < 1.29 is 23.2 Å². The third-order valence-electron chi connectivity index (χ3n) is 4.98. The molecule has 110 valence electrons. The first-order chi connectivity index (χ1) is 9.28. The van der Waals surface area contributed by atoms with E-state index in [9.17, 15) is 18.7 Å². The molecule has 20 heavy (non-hydrogen) atoms. The van der Waals surface area contributed by atoms with Gasteiger partial charge in [0.05, 0.1) is 5.41 Å². The van der Waals surface area contributed by atoms with Gasteiger partial charge in [0.15, 0.2) is 5.82 Å². The van der Waals surface area contributed by atoms with Gasteiger partial charge in [-0.25, -0.2) is 0 Å². The van der Waals surface area contributed by atoms with Crippen LogP contribution in [0.25, 0.3) is 0 Å². The first kappa shape index (κ1) is 13.5. The molecule has 1 aromatic rings. The van der Waals surface area contributed by atoms with Crippen molar-refractivity contribution in [3.05, 3.63) is 11.7 Å². The van der Waals surface area contributed by atoms with Crippen molar-refractivity contribution in [2.45, 2.75) is 56.8 Å². The Morgan fingerprint density at radius 2 is 1.80 bits per heavy atom. The zero-order valence-corrected chi connectivity index (χ0v) is 11.2. The number of alkyl halides is 2. The van der Waals surface area contributed by atoms with Crippen molar-refractivity contribution in [3.8, 4) is 0 Å². The molecule has 7 heteroatoms. The zero-order valence-electron chi connectivity index (χ0n) is 11.2. The van der Waals surface area contributed by atoms with E-state index in [0.29, 0.717) is 44.3 Å². The van der Waals surface area contributed by atoms with Crippen LogP contribution in [0.4, 0.5) is 8.78 Å². The molecule has 4 rings (SSSR count). The number of hydrogen-bond donors (Lipinski definition) is 1. The lowest BCUT2D eigenvalue weighted by Gasteiger charge is -2.49. The molecule has 3 fully saturated rings. The minimum absolute atomic E-state index is 0.313. The maximum atomic E-state index is 13.2. The van der Waals surface area contributed by atoms with Crippen LogP contribution in [0.5, 0.6) is 0 Å². The third-order valence-corrected chi connectivity index (χ3v) is 4.98. The normalized spacial score (nSPS) is 33.4. The largest absolute Gasteiger partial charge is 0.481 e. The second-order valence-corrected chi connectivity index (χ2v) is 6.18. The number of hydrogen-bond acceptors (Lipinski definition) is 4. The lowest BCUT2D eigenvalue weighted by atomic mass is 9.53. The predicted octanol–water partition coefficient (Wildman–Crippen LogP) is 2.86. The first-order valence-electron chi connectivity index (χ1n) is 6.73. The van der Waals surface area contributed by atoms with Crippen LogP contribution in [-0.4, -0.2) is 21.2 Å². The van der Waals surface area contributed by atoms with Crippen molar-refractivity contribution in [2.24, 2.45) is 5.41 Å². The van der Waals surface area contributed by atoms with Gasteiger partial charge in [-0.15, -0.1) is 0 Å². The fourth-order valence-corrected chi connectivity index (χ4v) is 3.46. The van der Waals surface area contributed by atoms with E-state index in [1.54, 1.807) is 0 Å². The summed E-state index contributed by atoms with van der Waals surface area (Å²) >= 11 is 0. The van der Waals surface area contributed by atoms with Crippen LogP contribution in [0, 0.1) is 5.41 Å². The van der Waals surface area contributed by atoms with Crippen LogP contribution in [0.15, 0.2) is 4.52 Å². The predicted molar refractivity (Wildman–Crippen MR) is 63.3 cm³/mol. The summed E-state index contributed by atoms with van der Waals surface area (Å²) < 4.78 is 31.0. The van der Waals surface area contributed by atoms with Crippen LogP contribution in [0.2, 0.25) is 0 Å². The van der Waals surface area contributed by atoms with Gasteiger partial charge in [-0.3, -0.25) is 4.79 Å². The number of aromatic nitrogens is 2. The SMILES string of the molecule is CC(F)(F)c1nc(C23CCC(C(=O)O)(CC2)CC3)no1. The molecule has 0 aromatic carbocycles. The second-order valence-electron chi connectivity index (χ2n) is 6.18. The number of aliphatic carboxylic acids is 1. The molecule has 1 aromatic heterocycles. The van der Waals surface area contributed by atoms with Crippen LogP contribution >= 0.6 is 0 Å². The molecule has 3 aliphatic carbocycles. The van der Waals surface area contributed by atoms with Crippen molar-refractivity contribution in [3.63, 3.8) is 0 Å². The van der Waals surface area contributed by atoms with Gasteiger partial charge in [-0.2, -0.15) is 13.8 Å². The Balaban J connectivity index is 1.86. The molecule has 0 radical (unpaired) electrons. The maximum Gasteiger partial charge on any atom is 0.322 e. The van der Waals surface area contributed by atoms with Crippen LogP contribution in [0.1, 0.15) is 57.2 Å². The van der Waals surface area contributed by atoms with E-state index in [1.165, 1.54) is 0 Å². The van der Waals surface area contributed by atoms with E-state index in [1.807, 2.05) is 0 Å². The summed E-state index contributed by atoms with van der Waals surface area (Å²) in [5.74, 6) is -4.24. The highest BCUT2D eigenvalue weighted by Gasteiger charge is 2.55. The molecular weight excluding hydrogens is 270 g/mol. The summed E-state index contributed by atoms with van der Waals surface area (Å²) in [4.78, 5) is 15.2. The molecule has 0 spiro atoms. The van der Waals surface area contributed by atoms with Gasteiger partial charge < -0.3 is 9.63 Å². The molecule has 0 aliphatic heterocycles. The molecule has 3 aliphatic rings. The fraction of sp³-hybridized carbons (Fsp3) is 0.769. The summed E-state index contributed by atoms with van der Waals surface area (Å²) in [5, 5.41) is 13.1. The van der Waals surface area contributed by atoms with Gasteiger partial charge >= 0.3 is 11.9 Å². The van der Waals surface area contributed by atoms with Gasteiger partial charge in [0.2, 0.25) is 0 Å². The highest BCUT2D eigenvalue weighted by atomic mass is 19.3. The van der Waals surface area contributed by atoms with Gasteiger partial charge in [0, 0.05) is 12.3 Å². The summed E-state index contributed by atoms with van der Waals surface area (Å²) in [6, 6.07) is 0. The number of fused-ring (bicyclic) bond motifs is 3. The van der Waals surface area contributed by atoms with Gasteiger partial charge in [-0.05, 0) is 38.5 Å². The van der Waals surface area contributed by atoms with Crippen molar-refractivity contribution in [1.29, 1.82) is 0 Å². The van der Waals surface area contributed by atoms with Crippen molar-refractivity contribution in [2.75, 3.05) is 0 Å². The van der Waals surface area contributed by atoms with E-state index >= 15 is 0 Å². The molecule has 5 nitrogen and oxygen atoms in total. The molecule has 0 atom stereocenters. The first-order valence-corrected chi connectivity index (χ1v) is 6.73. The molecule has 0 unspecified atom stereocenters. The molecule has 1 N–H and O–H groups in total. The minimum Gasteiger partial charge on any atom is -0.481 e. The van der Waals surface area contributed by atoms with Crippen LogP contribution in [-0.2, 0) is 16.1 Å². The number of halogens is 2. The maximum absolute atomic E-state index is 13.2. The average molecular weight is 286 g/mol. The zero-order chi connectivity index (χ0) is 14.6. The quantitative estimate of drug-likeness (QED) is 0.924. The summed E-state index contributed by atoms with van der Waals surface area (Å²) in [7, 11) is 0. The Morgan fingerprint density at radius 1 is 1.25 bits per heavy atom. The molecule has 0 amide bonds. The Hall–Kier alpha value is -1.53.